The normalized spacial score (nSPS) is 22.1. The topological polar surface area (TPSA) is 61.8 Å². The van der Waals surface area contributed by atoms with Crippen molar-refractivity contribution in [3.63, 3.8) is 0 Å². The summed E-state index contributed by atoms with van der Waals surface area (Å²) in [6.45, 7) is 4.46. The third-order valence-electron chi connectivity index (χ3n) is 4.17. The summed E-state index contributed by atoms with van der Waals surface area (Å²) in [5.74, 6) is 1.09. The van der Waals surface area contributed by atoms with Crippen LogP contribution in [0, 0.1) is 5.92 Å². The molecule has 1 aromatic rings. The standard InChI is InChI=1S/C16H25N3O/c1-2-6-13-9-10-19(12-13)15(11-16(17)18-20)14-7-4-3-5-8-14/h3-5,7-8,13,15,20H,2,6,9-12H2,1H3,(H2,17,18). The third-order valence-corrected chi connectivity index (χ3v) is 4.17. The zero-order chi connectivity index (χ0) is 14.4. The average Bonchev–Trinajstić information content (AvgIpc) is 2.94. The lowest BCUT2D eigenvalue weighted by atomic mass is 10.0. The van der Waals surface area contributed by atoms with Gasteiger partial charge < -0.3 is 10.9 Å². The lowest BCUT2D eigenvalue weighted by molar-refractivity contribution is 0.236. The van der Waals surface area contributed by atoms with E-state index in [2.05, 4.69) is 29.1 Å². The second-order valence-corrected chi connectivity index (χ2v) is 5.66. The summed E-state index contributed by atoms with van der Waals surface area (Å²) in [7, 11) is 0. The highest BCUT2D eigenvalue weighted by Crippen LogP contribution is 2.31. The number of likely N-dealkylation sites (tertiary alicyclic amines) is 1. The van der Waals surface area contributed by atoms with E-state index in [0.29, 0.717) is 12.3 Å². The van der Waals surface area contributed by atoms with E-state index in [4.69, 9.17) is 10.9 Å². The van der Waals surface area contributed by atoms with Gasteiger partial charge in [0.25, 0.3) is 0 Å². The lowest BCUT2D eigenvalue weighted by Crippen LogP contribution is -2.30. The highest BCUT2D eigenvalue weighted by molar-refractivity contribution is 5.80. The second-order valence-electron chi connectivity index (χ2n) is 5.66. The van der Waals surface area contributed by atoms with Crippen molar-refractivity contribution in [2.45, 2.75) is 38.6 Å². The molecule has 0 saturated carbocycles. The fourth-order valence-corrected chi connectivity index (χ4v) is 3.16. The summed E-state index contributed by atoms with van der Waals surface area (Å²) >= 11 is 0. The van der Waals surface area contributed by atoms with Crippen molar-refractivity contribution < 1.29 is 5.21 Å². The third kappa shape index (κ3) is 3.73. The van der Waals surface area contributed by atoms with Crippen LogP contribution >= 0.6 is 0 Å². The number of nitrogens with two attached hydrogens (primary N) is 1. The molecule has 3 N–H and O–H groups in total. The van der Waals surface area contributed by atoms with Gasteiger partial charge in [-0.05, 0) is 30.9 Å². The van der Waals surface area contributed by atoms with E-state index in [1.807, 2.05) is 18.2 Å². The van der Waals surface area contributed by atoms with Gasteiger partial charge in [0.15, 0.2) is 0 Å². The largest absolute Gasteiger partial charge is 0.409 e. The fraction of sp³-hybridized carbons (Fsp3) is 0.562. The number of hydrogen-bond acceptors (Lipinski definition) is 3. The summed E-state index contributed by atoms with van der Waals surface area (Å²) < 4.78 is 0. The maximum absolute atomic E-state index is 8.85. The maximum atomic E-state index is 8.85. The van der Waals surface area contributed by atoms with Crippen LogP contribution < -0.4 is 5.73 Å². The summed E-state index contributed by atoms with van der Waals surface area (Å²) in [5, 5.41) is 12.0. The van der Waals surface area contributed by atoms with E-state index in [1.54, 1.807) is 0 Å². The molecule has 20 heavy (non-hydrogen) atoms. The van der Waals surface area contributed by atoms with Crippen LogP contribution in [0.1, 0.15) is 44.2 Å². The summed E-state index contributed by atoms with van der Waals surface area (Å²) in [5.41, 5.74) is 6.99. The smallest absolute Gasteiger partial charge is 0.141 e. The summed E-state index contributed by atoms with van der Waals surface area (Å²) in [6.07, 6.45) is 4.38. The molecule has 110 valence electrons. The Kier molecular flexibility index (Phi) is 5.41. The van der Waals surface area contributed by atoms with Gasteiger partial charge >= 0.3 is 0 Å². The Bertz CT molecular complexity index is 433. The molecule has 1 fully saturated rings. The van der Waals surface area contributed by atoms with Crippen molar-refractivity contribution in [2.75, 3.05) is 13.1 Å². The van der Waals surface area contributed by atoms with Gasteiger partial charge in [-0.25, -0.2) is 0 Å². The number of amidine groups is 1. The molecule has 1 aliphatic rings. The Hall–Kier alpha value is -1.55. The molecule has 2 rings (SSSR count). The molecule has 0 radical (unpaired) electrons. The molecular weight excluding hydrogens is 250 g/mol. The van der Waals surface area contributed by atoms with Gasteiger partial charge in [0.05, 0.1) is 0 Å². The molecule has 0 bridgehead atoms. The first-order valence-corrected chi connectivity index (χ1v) is 7.50. The predicted molar refractivity (Wildman–Crippen MR) is 81.8 cm³/mol. The van der Waals surface area contributed by atoms with Gasteiger partial charge in [0.1, 0.15) is 5.84 Å². The second kappa shape index (κ2) is 7.29. The highest BCUT2D eigenvalue weighted by atomic mass is 16.4. The average molecular weight is 275 g/mol. The molecule has 0 spiro atoms. The van der Waals surface area contributed by atoms with E-state index in [0.717, 1.165) is 19.0 Å². The van der Waals surface area contributed by atoms with Gasteiger partial charge in [0, 0.05) is 19.0 Å². The molecular formula is C16H25N3O. The minimum atomic E-state index is 0.217. The van der Waals surface area contributed by atoms with E-state index in [9.17, 15) is 0 Å². The van der Waals surface area contributed by atoms with Crippen molar-refractivity contribution in [1.29, 1.82) is 0 Å². The van der Waals surface area contributed by atoms with Crippen molar-refractivity contribution in [3.8, 4) is 0 Å². The van der Waals surface area contributed by atoms with Crippen LogP contribution in [0.2, 0.25) is 0 Å². The minimum absolute atomic E-state index is 0.217. The number of hydrogen-bond donors (Lipinski definition) is 2. The van der Waals surface area contributed by atoms with E-state index < -0.39 is 0 Å². The van der Waals surface area contributed by atoms with Crippen LogP contribution in [0.5, 0.6) is 0 Å². The van der Waals surface area contributed by atoms with Crippen molar-refractivity contribution in [1.82, 2.24) is 4.90 Å². The SMILES string of the molecule is CCCC1CCN(C(C/C(N)=N/O)c2ccccc2)C1. The molecule has 1 aromatic carbocycles. The first-order chi connectivity index (χ1) is 9.74. The Labute approximate surface area is 121 Å². The predicted octanol–water partition coefficient (Wildman–Crippen LogP) is 2.99. The maximum Gasteiger partial charge on any atom is 0.141 e. The fourth-order valence-electron chi connectivity index (χ4n) is 3.16. The zero-order valence-corrected chi connectivity index (χ0v) is 12.2. The summed E-state index contributed by atoms with van der Waals surface area (Å²) in [4.78, 5) is 2.48. The monoisotopic (exact) mass is 275 g/mol. The van der Waals surface area contributed by atoms with Gasteiger partial charge in [0.2, 0.25) is 0 Å². The van der Waals surface area contributed by atoms with Gasteiger partial charge in [-0.2, -0.15) is 0 Å². The molecule has 2 unspecified atom stereocenters. The van der Waals surface area contributed by atoms with Crippen LogP contribution in [-0.4, -0.2) is 29.0 Å². The number of nitrogens with zero attached hydrogens (tertiary/aromatic N) is 2. The Morgan fingerprint density at radius 3 is 2.85 bits per heavy atom. The van der Waals surface area contributed by atoms with Crippen LogP contribution in [0.4, 0.5) is 0 Å². The Balaban J connectivity index is 2.11. The molecule has 4 heteroatoms. The number of rotatable bonds is 6. The molecule has 0 amide bonds. The number of oxime groups is 1. The van der Waals surface area contributed by atoms with E-state index >= 15 is 0 Å². The first-order valence-electron chi connectivity index (χ1n) is 7.50. The van der Waals surface area contributed by atoms with E-state index in [-0.39, 0.29) is 6.04 Å². The Morgan fingerprint density at radius 2 is 2.20 bits per heavy atom. The van der Waals surface area contributed by atoms with Crippen LogP contribution in [0.25, 0.3) is 0 Å². The van der Waals surface area contributed by atoms with Crippen LogP contribution in [0.3, 0.4) is 0 Å². The van der Waals surface area contributed by atoms with Gasteiger partial charge in [-0.15, -0.1) is 0 Å². The molecule has 1 aliphatic heterocycles. The molecule has 0 aromatic heterocycles. The molecule has 0 aliphatic carbocycles. The summed E-state index contributed by atoms with van der Waals surface area (Å²) in [6, 6.07) is 10.6. The van der Waals surface area contributed by atoms with Gasteiger partial charge in [-0.3, -0.25) is 4.90 Å². The lowest BCUT2D eigenvalue weighted by Gasteiger charge is -2.28. The van der Waals surface area contributed by atoms with Crippen molar-refractivity contribution in [2.24, 2.45) is 16.8 Å². The van der Waals surface area contributed by atoms with E-state index in [1.165, 1.54) is 24.8 Å². The molecule has 2 atom stereocenters. The van der Waals surface area contributed by atoms with Crippen LogP contribution in [-0.2, 0) is 0 Å². The number of benzene rings is 1. The molecule has 1 saturated heterocycles. The highest BCUT2D eigenvalue weighted by Gasteiger charge is 2.29. The quantitative estimate of drug-likeness (QED) is 0.363. The first kappa shape index (κ1) is 14.9. The minimum Gasteiger partial charge on any atom is -0.409 e. The van der Waals surface area contributed by atoms with Crippen LogP contribution in [0.15, 0.2) is 35.5 Å². The van der Waals surface area contributed by atoms with Crippen molar-refractivity contribution >= 4 is 5.84 Å². The Morgan fingerprint density at radius 1 is 1.45 bits per heavy atom. The van der Waals surface area contributed by atoms with Crippen molar-refractivity contribution in [3.05, 3.63) is 35.9 Å². The van der Waals surface area contributed by atoms with Gasteiger partial charge in [-0.1, -0.05) is 48.8 Å². The molecule has 1 heterocycles. The zero-order valence-electron chi connectivity index (χ0n) is 12.2. The molecule has 4 nitrogen and oxygen atoms in total.